The number of amides is 3. The molecule has 1 aliphatic heterocycles. The molecule has 3 amide bonds. The third-order valence-electron chi connectivity index (χ3n) is 8.34. The van der Waals surface area contributed by atoms with Crippen LogP contribution in [0.5, 0.6) is 0 Å². The van der Waals surface area contributed by atoms with Gasteiger partial charge in [-0.25, -0.2) is 0 Å². The highest BCUT2D eigenvalue weighted by Gasteiger charge is 2.58. The predicted molar refractivity (Wildman–Crippen MR) is 159 cm³/mol. The van der Waals surface area contributed by atoms with Crippen molar-refractivity contribution in [1.29, 1.82) is 0 Å². The molecular formula is C32H38N4O3S. The fourth-order valence-electron chi connectivity index (χ4n) is 5.89. The average molecular weight is 559 g/mol. The summed E-state index contributed by atoms with van der Waals surface area (Å²) >= 11 is 1.36. The second-order valence-corrected chi connectivity index (χ2v) is 12.1. The Kier molecular flexibility index (Phi) is 8.35. The third kappa shape index (κ3) is 5.97. The van der Waals surface area contributed by atoms with E-state index in [1.165, 1.54) is 11.9 Å². The summed E-state index contributed by atoms with van der Waals surface area (Å²) in [6, 6.07) is 15.7. The molecule has 1 saturated carbocycles. The van der Waals surface area contributed by atoms with E-state index in [0.29, 0.717) is 37.8 Å². The van der Waals surface area contributed by atoms with E-state index >= 15 is 0 Å². The highest BCUT2D eigenvalue weighted by atomic mass is 32.2. The number of nitrogens with one attached hydrogen (secondary N) is 4. The fraction of sp³-hybridized carbons (Fsp3) is 0.406. The molecule has 0 bridgehead atoms. The maximum atomic E-state index is 14.1. The molecule has 7 nitrogen and oxygen atoms in total. The van der Waals surface area contributed by atoms with Crippen LogP contribution >= 0.6 is 11.9 Å². The number of benzene rings is 2. The van der Waals surface area contributed by atoms with Crippen LogP contribution in [0.15, 0.2) is 78.4 Å². The Morgan fingerprint density at radius 2 is 1.45 bits per heavy atom. The van der Waals surface area contributed by atoms with E-state index in [0.717, 1.165) is 53.8 Å². The average Bonchev–Trinajstić information content (AvgIpc) is 3.53. The Morgan fingerprint density at radius 1 is 0.825 bits per heavy atom. The van der Waals surface area contributed by atoms with Gasteiger partial charge in [0.05, 0.1) is 16.1 Å². The minimum atomic E-state index is -1.05. The second kappa shape index (κ2) is 11.9. The zero-order valence-electron chi connectivity index (χ0n) is 22.9. The van der Waals surface area contributed by atoms with Crippen molar-refractivity contribution in [1.82, 2.24) is 15.4 Å². The summed E-state index contributed by atoms with van der Waals surface area (Å²) in [6.07, 6.45) is 8.60. The monoisotopic (exact) mass is 558 g/mol. The van der Waals surface area contributed by atoms with E-state index in [2.05, 4.69) is 33.8 Å². The predicted octanol–water partition coefficient (Wildman–Crippen LogP) is 5.19. The topological polar surface area (TPSA) is 99.3 Å². The van der Waals surface area contributed by atoms with Gasteiger partial charge in [-0.3, -0.25) is 14.4 Å². The number of anilines is 1. The SMILES string of the molecule is C=C[C@@H]1C[C@@]12NC(=O)C1(Cc3ccccc3C1)NC(=O)CCCCCCCC(=O)Nc1ccccc1SNC2=C. The van der Waals surface area contributed by atoms with Gasteiger partial charge in [-0.2, -0.15) is 0 Å². The van der Waals surface area contributed by atoms with Crippen LogP contribution in [-0.4, -0.2) is 28.8 Å². The van der Waals surface area contributed by atoms with E-state index in [-0.39, 0.29) is 23.6 Å². The van der Waals surface area contributed by atoms with E-state index < -0.39 is 11.1 Å². The standard InChI is InChI=1S/C32H38N4O3S/c1-3-25-21-32(25)22(2)36-40-27-16-12-11-15-26(27)33-28(37)17-7-5-4-6-8-18-29(38)34-31(30(39)35-32)19-23-13-9-10-14-24(23)20-31/h3,9-16,25,36H,1-2,4-8,17-21H2,(H,33,37)(H,34,38)(H,35,39)/t25-,32+/m1/s1. The van der Waals surface area contributed by atoms with Crippen LogP contribution in [0.2, 0.25) is 0 Å². The van der Waals surface area contributed by atoms with Crippen molar-refractivity contribution in [3.63, 3.8) is 0 Å². The first kappa shape index (κ1) is 28.0. The molecule has 8 heteroatoms. The molecule has 4 N–H and O–H groups in total. The Bertz CT molecular complexity index is 1300. The van der Waals surface area contributed by atoms with Crippen LogP contribution in [0.3, 0.4) is 0 Å². The molecule has 2 atom stereocenters. The quantitative estimate of drug-likeness (QED) is 0.285. The summed E-state index contributed by atoms with van der Waals surface area (Å²) in [5.41, 5.74) is 1.81. The molecule has 1 fully saturated rings. The molecule has 2 aliphatic carbocycles. The summed E-state index contributed by atoms with van der Waals surface area (Å²) in [5.74, 6) is -0.301. The lowest BCUT2D eigenvalue weighted by atomic mass is 9.92. The maximum Gasteiger partial charge on any atom is 0.247 e. The summed E-state index contributed by atoms with van der Waals surface area (Å²) in [6.45, 7) is 8.28. The van der Waals surface area contributed by atoms with Gasteiger partial charge in [-0.05, 0) is 54.5 Å². The highest BCUT2D eigenvalue weighted by Crippen LogP contribution is 2.50. The van der Waals surface area contributed by atoms with Crippen molar-refractivity contribution < 1.29 is 14.4 Å². The molecule has 2 spiro atoms. The Labute approximate surface area is 240 Å². The molecular weight excluding hydrogens is 520 g/mol. The van der Waals surface area contributed by atoms with Gasteiger partial charge in [0.1, 0.15) is 5.54 Å². The zero-order chi connectivity index (χ0) is 28.2. The van der Waals surface area contributed by atoms with Gasteiger partial charge < -0.3 is 20.7 Å². The molecule has 0 radical (unpaired) electrons. The second-order valence-electron chi connectivity index (χ2n) is 11.2. The normalized spacial score (nSPS) is 25.6. The van der Waals surface area contributed by atoms with Crippen LogP contribution in [-0.2, 0) is 27.2 Å². The summed E-state index contributed by atoms with van der Waals surface area (Å²) < 4.78 is 3.34. The first-order chi connectivity index (χ1) is 19.3. The zero-order valence-corrected chi connectivity index (χ0v) is 23.7. The van der Waals surface area contributed by atoms with Crippen LogP contribution in [0.4, 0.5) is 5.69 Å². The van der Waals surface area contributed by atoms with Crippen molar-refractivity contribution in [3.05, 3.63) is 84.6 Å². The summed E-state index contributed by atoms with van der Waals surface area (Å²) in [7, 11) is 0. The molecule has 3 aliphatic rings. The number of hydrogen-bond acceptors (Lipinski definition) is 5. The number of para-hydroxylation sites is 1. The number of hydrogen-bond donors (Lipinski definition) is 4. The van der Waals surface area contributed by atoms with Crippen molar-refractivity contribution in [2.75, 3.05) is 5.32 Å². The highest BCUT2D eigenvalue weighted by molar-refractivity contribution is 7.97. The molecule has 0 saturated heterocycles. The molecule has 40 heavy (non-hydrogen) atoms. The Balaban J connectivity index is 1.41. The van der Waals surface area contributed by atoms with Gasteiger partial charge >= 0.3 is 0 Å². The van der Waals surface area contributed by atoms with Crippen molar-refractivity contribution in [2.45, 2.75) is 80.2 Å². The first-order valence-corrected chi connectivity index (χ1v) is 15.0. The van der Waals surface area contributed by atoms with Gasteiger partial charge in [0.2, 0.25) is 17.7 Å². The van der Waals surface area contributed by atoms with Crippen molar-refractivity contribution >= 4 is 35.4 Å². The van der Waals surface area contributed by atoms with Gasteiger partial charge in [0.15, 0.2) is 0 Å². The van der Waals surface area contributed by atoms with Gasteiger partial charge in [-0.1, -0.05) is 68.3 Å². The third-order valence-corrected chi connectivity index (χ3v) is 9.27. The number of fused-ring (bicyclic) bond motifs is 2. The van der Waals surface area contributed by atoms with Crippen molar-refractivity contribution in [3.8, 4) is 0 Å². The molecule has 2 aromatic rings. The van der Waals surface area contributed by atoms with Crippen LogP contribution in [0.25, 0.3) is 0 Å². The largest absolute Gasteiger partial charge is 0.342 e. The van der Waals surface area contributed by atoms with Gasteiger partial charge in [0.25, 0.3) is 0 Å². The minimum Gasteiger partial charge on any atom is -0.342 e. The lowest BCUT2D eigenvalue weighted by Gasteiger charge is -2.33. The minimum absolute atomic E-state index is 0.0128. The summed E-state index contributed by atoms with van der Waals surface area (Å²) in [5, 5.41) is 9.49. The van der Waals surface area contributed by atoms with E-state index in [4.69, 9.17) is 0 Å². The Hall–Kier alpha value is -3.52. The maximum absolute atomic E-state index is 14.1. The molecule has 0 unspecified atom stereocenters. The smallest absolute Gasteiger partial charge is 0.247 e. The molecule has 1 heterocycles. The number of carbonyl (C=O) groups is 3. The van der Waals surface area contributed by atoms with Gasteiger partial charge in [-0.15, -0.1) is 6.58 Å². The van der Waals surface area contributed by atoms with Crippen molar-refractivity contribution in [2.24, 2.45) is 5.92 Å². The Morgan fingerprint density at radius 3 is 2.12 bits per heavy atom. The summed E-state index contributed by atoms with van der Waals surface area (Å²) in [4.78, 5) is 40.7. The van der Waals surface area contributed by atoms with Gasteiger partial charge in [0, 0.05) is 37.3 Å². The van der Waals surface area contributed by atoms with E-state index in [9.17, 15) is 14.4 Å². The molecule has 2 aromatic carbocycles. The molecule has 5 rings (SSSR count). The molecule has 0 aromatic heterocycles. The van der Waals surface area contributed by atoms with Crippen LogP contribution in [0, 0.1) is 5.92 Å². The molecule has 210 valence electrons. The fourth-order valence-corrected chi connectivity index (χ4v) is 6.68. The number of carbonyl (C=O) groups excluding carboxylic acids is 3. The first-order valence-electron chi connectivity index (χ1n) is 14.2. The van der Waals surface area contributed by atoms with E-state index in [1.807, 2.05) is 54.6 Å². The van der Waals surface area contributed by atoms with Crippen LogP contribution in [0.1, 0.15) is 62.5 Å². The van der Waals surface area contributed by atoms with Crippen LogP contribution < -0.4 is 20.7 Å². The lowest BCUT2D eigenvalue weighted by molar-refractivity contribution is -0.134. The van der Waals surface area contributed by atoms with E-state index in [1.54, 1.807) is 0 Å². The lowest BCUT2D eigenvalue weighted by Crippen LogP contribution is -2.62. The number of rotatable bonds is 1.